The molecule has 0 saturated carbocycles. The van der Waals surface area contributed by atoms with Gasteiger partial charge < -0.3 is 9.80 Å². The van der Waals surface area contributed by atoms with Gasteiger partial charge in [0.05, 0.1) is 6.42 Å². The highest BCUT2D eigenvalue weighted by Crippen LogP contribution is 2.14. The van der Waals surface area contributed by atoms with E-state index in [9.17, 15) is 9.59 Å². The number of hydrogen-bond acceptors (Lipinski definition) is 3. The van der Waals surface area contributed by atoms with E-state index >= 15 is 0 Å². The van der Waals surface area contributed by atoms with Crippen LogP contribution in [0.25, 0.3) is 0 Å². The normalized spacial score (nSPS) is 14.5. The van der Waals surface area contributed by atoms with Gasteiger partial charge >= 0.3 is 0 Å². The molecule has 0 N–H and O–H groups in total. The molecule has 2 aromatic rings. The summed E-state index contributed by atoms with van der Waals surface area (Å²) in [5, 5.41) is 0. The number of carbonyl (C=O) groups excluding carboxylic acids is 2. The van der Waals surface area contributed by atoms with Gasteiger partial charge in [0.2, 0.25) is 5.91 Å². The third-order valence-corrected chi connectivity index (χ3v) is 4.73. The fourth-order valence-electron chi connectivity index (χ4n) is 2.99. The Kier molecular flexibility index (Phi) is 5.12. The van der Waals surface area contributed by atoms with Crippen molar-refractivity contribution in [2.75, 3.05) is 26.2 Å². The first kappa shape index (κ1) is 17.1. The predicted molar refractivity (Wildman–Crippen MR) is 96.3 cm³/mol. The quantitative estimate of drug-likeness (QED) is 0.863. The highest BCUT2D eigenvalue weighted by molar-refractivity contribution is 5.94. The Morgan fingerprint density at radius 3 is 2.32 bits per heavy atom. The molecule has 0 unspecified atom stereocenters. The Morgan fingerprint density at radius 2 is 1.68 bits per heavy atom. The van der Waals surface area contributed by atoms with E-state index in [0.29, 0.717) is 32.6 Å². The Morgan fingerprint density at radius 1 is 0.960 bits per heavy atom. The van der Waals surface area contributed by atoms with Crippen molar-refractivity contribution < 1.29 is 9.59 Å². The molecule has 0 bridgehead atoms. The van der Waals surface area contributed by atoms with Gasteiger partial charge in [0.25, 0.3) is 5.91 Å². The minimum atomic E-state index is 0.0416. The Labute approximate surface area is 148 Å². The lowest BCUT2D eigenvalue weighted by Gasteiger charge is -2.35. The highest BCUT2D eigenvalue weighted by Gasteiger charge is 2.25. The number of amides is 2. The van der Waals surface area contributed by atoms with Crippen LogP contribution in [0, 0.1) is 13.8 Å². The number of carbonyl (C=O) groups is 2. The van der Waals surface area contributed by atoms with E-state index in [2.05, 4.69) is 4.98 Å². The molecule has 1 saturated heterocycles. The molecule has 5 heteroatoms. The molecule has 1 aliphatic heterocycles. The molecule has 0 aliphatic carbocycles. The van der Waals surface area contributed by atoms with Crippen LogP contribution >= 0.6 is 0 Å². The number of hydrogen-bond donors (Lipinski definition) is 0. The number of piperazine rings is 1. The Hall–Kier alpha value is -2.69. The van der Waals surface area contributed by atoms with Crippen molar-refractivity contribution in [3.05, 3.63) is 65.0 Å². The van der Waals surface area contributed by atoms with Gasteiger partial charge in [0.15, 0.2) is 0 Å². The zero-order valence-corrected chi connectivity index (χ0v) is 14.7. The standard InChI is InChI=1S/C20H23N3O2/c1-15-6-7-17(13-16(15)2)20(25)23-11-9-22(10-12-23)19(24)14-18-5-3-4-8-21-18/h3-8,13H,9-12,14H2,1-2H3. The smallest absolute Gasteiger partial charge is 0.253 e. The molecule has 2 heterocycles. The number of aromatic nitrogens is 1. The van der Waals surface area contributed by atoms with Crippen molar-refractivity contribution in [3.8, 4) is 0 Å². The first-order chi connectivity index (χ1) is 12.0. The van der Waals surface area contributed by atoms with Crippen molar-refractivity contribution in [3.63, 3.8) is 0 Å². The van der Waals surface area contributed by atoms with Gasteiger partial charge in [0.1, 0.15) is 0 Å². The van der Waals surface area contributed by atoms with E-state index < -0.39 is 0 Å². The van der Waals surface area contributed by atoms with Crippen molar-refractivity contribution >= 4 is 11.8 Å². The second-order valence-electron chi connectivity index (χ2n) is 6.47. The summed E-state index contributed by atoms with van der Waals surface area (Å²) in [5.41, 5.74) is 3.80. The summed E-state index contributed by atoms with van der Waals surface area (Å²) in [6.07, 6.45) is 2.01. The number of aryl methyl sites for hydroxylation is 2. The van der Waals surface area contributed by atoms with E-state index in [1.165, 1.54) is 5.56 Å². The molecule has 1 aliphatic rings. The third-order valence-electron chi connectivity index (χ3n) is 4.73. The van der Waals surface area contributed by atoms with Gasteiger partial charge in [-0.3, -0.25) is 14.6 Å². The van der Waals surface area contributed by atoms with Crippen LogP contribution < -0.4 is 0 Å². The summed E-state index contributed by atoms with van der Waals surface area (Å²) >= 11 is 0. The van der Waals surface area contributed by atoms with E-state index in [0.717, 1.165) is 16.8 Å². The monoisotopic (exact) mass is 337 g/mol. The van der Waals surface area contributed by atoms with Crippen molar-refractivity contribution in [2.45, 2.75) is 20.3 Å². The minimum Gasteiger partial charge on any atom is -0.339 e. The lowest BCUT2D eigenvalue weighted by molar-refractivity contribution is -0.132. The summed E-state index contributed by atoms with van der Waals surface area (Å²) in [7, 11) is 0. The largest absolute Gasteiger partial charge is 0.339 e. The molecule has 5 nitrogen and oxygen atoms in total. The number of rotatable bonds is 3. The Bertz CT molecular complexity index is 766. The maximum atomic E-state index is 12.6. The minimum absolute atomic E-state index is 0.0416. The second-order valence-corrected chi connectivity index (χ2v) is 6.47. The van der Waals surface area contributed by atoms with Crippen LogP contribution in [-0.4, -0.2) is 52.8 Å². The van der Waals surface area contributed by atoms with E-state index in [1.807, 2.05) is 60.0 Å². The maximum Gasteiger partial charge on any atom is 0.253 e. The first-order valence-corrected chi connectivity index (χ1v) is 8.59. The second kappa shape index (κ2) is 7.47. The molecule has 0 atom stereocenters. The summed E-state index contributed by atoms with van der Waals surface area (Å²) in [6, 6.07) is 11.4. The molecule has 25 heavy (non-hydrogen) atoms. The van der Waals surface area contributed by atoms with Crippen molar-refractivity contribution in [1.29, 1.82) is 0 Å². The summed E-state index contributed by atoms with van der Waals surface area (Å²) in [4.78, 5) is 32.9. The molecule has 1 aromatic heterocycles. The zero-order valence-electron chi connectivity index (χ0n) is 14.7. The first-order valence-electron chi connectivity index (χ1n) is 8.59. The summed E-state index contributed by atoms with van der Waals surface area (Å²) in [5.74, 6) is 0.108. The summed E-state index contributed by atoms with van der Waals surface area (Å²) < 4.78 is 0. The highest BCUT2D eigenvalue weighted by atomic mass is 16.2. The maximum absolute atomic E-state index is 12.6. The molecular weight excluding hydrogens is 314 g/mol. The molecular formula is C20H23N3O2. The number of nitrogens with zero attached hydrogens (tertiary/aromatic N) is 3. The zero-order chi connectivity index (χ0) is 17.8. The predicted octanol–water partition coefficient (Wildman–Crippen LogP) is 2.23. The van der Waals surface area contributed by atoms with E-state index in [4.69, 9.17) is 0 Å². The van der Waals surface area contributed by atoms with Gasteiger partial charge in [-0.25, -0.2) is 0 Å². The van der Waals surface area contributed by atoms with Crippen LogP contribution in [-0.2, 0) is 11.2 Å². The molecule has 3 rings (SSSR count). The van der Waals surface area contributed by atoms with Crippen molar-refractivity contribution in [2.24, 2.45) is 0 Å². The SMILES string of the molecule is Cc1ccc(C(=O)N2CCN(C(=O)Cc3ccccn3)CC2)cc1C. The molecule has 0 spiro atoms. The summed E-state index contributed by atoms with van der Waals surface area (Å²) in [6.45, 7) is 6.33. The van der Waals surface area contributed by atoms with Gasteiger partial charge in [-0.15, -0.1) is 0 Å². The van der Waals surface area contributed by atoms with Gasteiger partial charge in [-0.2, -0.15) is 0 Å². The van der Waals surface area contributed by atoms with Gasteiger partial charge in [-0.05, 0) is 49.2 Å². The van der Waals surface area contributed by atoms with Crippen molar-refractivity contribution in [1.82, 2.24) is 14.8 Å². The lowest BCUT2D eigenvalue weighted by atomic mass is 10.1. The average Bonchev–Trinajstić information content (AvgIpc) is 2.64. The third kappa shape index (κ3) is 4.05. The Balaban J connectivity index is 1.57. The van der Waals surface area contributed by atoms with Crippen LogP contribution in [0.5, 0.6) is 0 Å². The number of pyridine rings is 1. The van der Waals surface area contributed by atoms with Crippen LogP contribution in [0.1, 0.15) is 27.2 Å². The van der Waals surface area contributed by atoms with Gasteiger partial charge in [0, 0.05) is 43.6 Å². The molecule has 1 fully saturated rings. The fourth-order valence-corrected chi connectivity index (χ4v) is 2.99. The topological polar surface area (TPSA) is 53.5 Å². The van der Waals surface area contributed by atoms with Crippen LogP contribution in [0.3, 0.4) is 0 Å². The van der Waals surface area contributed by atoms with Crippen LogP contribution in [0.4, 0.5) is 0 Å². The molecule has 1 aromatic carbocycles. The molecule has 130 valence electrons. The van der Waals surface area contributed by atoms with Crippen LogP contribution in [0.2, 0.25) is 0 Å². The van der Waals surface area contributed by atoms with E-state index in [1.54, 1.807) is 6.20 Å². The lowest BCUT2D eigenvalue weighted by Crippen LogP contribution is -2.51. The molecule has 0 radical (unpaired) electrons. The molecule has 2 amide bonds. The van der Waals surface area contributed by atoms with Gasteiger partial charge in [-0.1, -0.05) is 12.1 Å². The number of benzene rings is 1. The average molecular weight is 337 g/mol. The van der Waals surface area contributed by atoms with E-state index in [-0.39, 0.29) is 11.8 Å². The van der Waals surface area contributed by atoms with Crippen LogP contribution in [0.15, 0.2) is 42.6 Å². The fraction of sp³-hybridized carbons (Fsp3) is 0.350.